The molecule has 2 bridgehead atoms. The zero-order chi connectivity index (χ0) is 14.1. The number of hydrogen-bond acceptors (Lipinski definition) is 3. The van der Waals surface area contributed by atoms with Gasteiger partial charge in [0.25, 0.3) is 0 Å². The molecule has 3 rings (SSSR count). The number of fused-ring (bicyclic) bond motifs is 2. The number of carbonyl (C=O) groups excluding carboxylic acids is 1. The highest BCUT2D eigenvalue weighted by atomic mass is 16.1. The van der Waals surface area contributed by atoms with E-state index in [4.69, 9.17) is 0 Å². The number of ketones is 1. The molecule has 2 fully saturated rings. The van der Waals surface area contributed by atoms with E-state index in [1.807, 2.05) is 25.3 Å². The Bertz CT molecular complexity index is 482. The highest BCUT2D eigenvalue weighted by Gasteiger charge is 2.39. The lowest BCUT2D eigenvalue weighted by Crippen LogP contribution is -2.28. The third-order valence-electron chi connectivity index (χ3n) is 5.19. The summed E-state index contributed by atoms with van der Waals surface area (Å²) in [4.78, 5) is 18.2. The van der Waals surface area contributed by atoms with Crippen LogP contribution in [0.5, 0.6) is 0 Å². The van der Waals surface area contributed by atoms with E-state index < -0.39 is 0 Å². The molecule has 0 aromatic carbocycles. The van der Waals surface area contributed by atoms with Gasteiger partial charge in [-0.3, -0.25) is 9.78 Å². The molecule has 1 aromatic heterocycles. The van der Waals surface area contributed by atoms with E-state index in [0.29, 0.717) is 12.1 Å². The van der Waals surface area contributed by atoms with E-state index in [2.05, 4.69) is 16.9 Å². The van der Waals surface area contributed by atoms with Gasteiger partial charge in [-0.1, -0.05) is 13.3 Å². The van der Waals surface area contributed by atoms with Gasteiger partial charge < -0.3 is 4.90 Å². The van der Waals surface area contributed by atoms with E-state index in [9.17, 15) is 4.79 Å². The van der Waals surface area contributed by atoms with Crippen LogP contribution < -0.4 is 4.90 Å². The van der Waals surface area contributed by atoms with Crippen LogP contribution >= 0.6 is 0 Å². The molecule has 0 spiro atoms. The lowest BCUT2D eigenvalue weighted by Gasteiger charge is -2.28. The lowest BCUT2D eigenvalue weighted by molar-refractivity contribution is 0.0983. The van der Waals surface area contributed by atoms with Crippen LogP contribution in [0.15, 0.2) is 18.3 Å². The topological polar surface area (TPSA) is 33.2 Å². The summed E-state index contributed by atoms with van der Waals surface area (Å²) in [6, 6.07) is 3.89. The molecule has 2 saturated carbocycles. The molecule has 0 N–H and O–H groups in total. The Morgan fingerprint density at radius 1 is 1.35 bits per heavy atom. The van der Waals surface area contributed by atoms with Crippen molar-refractivity contribution in [1.82, 2.24) is 4.98 Å². The largest absolute Gasteiger partial charge is 0.373 e. The van der Waals surface area contributed by atoms with Gasteiger partial charge in [0.15, 0.2) is 5.78 Å². The molecule has 2 aliphatic rings. The van der Waals surface area contributed by atoms with Crippen LogP contribution in [-0.4, -0.2) is 24.4 Å². The van der Waals surface area contributed by atoms with Crippen LogP contribution in [0.4, 0.5) is 5.69 Å². The van der Waals surface area contributed by atoms with Crippen LogP contribution in [-0.2, 0) is 0 Å². The molecule has 2 aliphatic carbocycles. The highest BCUT2D eigenvalue weighted by Crippen LogP contribution is 2.48. The monoisotopic (exact) mass is 272 g/mol. The fourth-order valence-corrected chi connectivity index (χ4v) is 4.02. The fraction of sp³-hybridized carbons (Fsp3) is 0.647. The van der Waals surface area contributed by atoms with E-state index in [-0.39, 0.29) is 5.78 Å². The minimum atomic E-state index is 0.118. The fourth-order valence-electron chi connectivity index (χ4n) is 4.02. The molecule has 20 heavy (non-hydrogen) atoms. The Morgan fingerprint density at radius 3 is 2.75 bits per heavy atom. The second kappa shape index (κ2) is 5.55. The van der Waals surface area contributed by atoms with Crippen molar-refractivity contribution in [3.63, 3.8) is 0 Å². The summed E-state index contributed by atoms with van der Waals surface area (Å²) in [6.07, 6.45) is 8.13. The molecule has 0 saturated heterocycles. The maximum atomic E-state index is 11.6. The molecule has 1 heterocycles. The normalized spacial score (nSPS) is 27.8. The molecule has 0 aliphatic heterocycles. The van der Waals surface area contributed by atoms with Crippen molar-refractivity contribution < 1.29 is 4.79 Å². The van der Waals surface area contributed by atoms with Crippen LogP contribution in [0.1, 0.15) is 49.5 Å². The number of carbonyl (C=O) groups is 1. The third-order valence-corrected chi connectivity index (χ3v) is 5.19. The van der Waals surface area contributed by atoms with Gasteiger partial charge in [-0.25, -0.2) is 0 Å². The van der Waals surface area contributed by atoms with Gasteiger partial charge in [0, 0.05) is 20.0 Å². The summed E-state index contributed by atoms with van der Waals surface area (Å²) in [7, 11) is 2.14. The number of nitrogens with zero attached hydrogens (tertiary/aromatic N) is 2. The van der Waals surface area contributed by atoms with Crippen molar-refractivity contribution in [2.75, 3.05) is 18.5 Å². The number of rotatable bonds is 5. The molecule has 3 atom stereocenters. The summed E-state index contributed by atoms with van der Waals surface area (Å²) in [5, 5.41) is 0. The number of aromatic nitrogens is 1. The Morgan fingerprint density at radius 2 is 2.20 bits per heavy atom. The number of Topliss-reactive ketones (excluding diaryl/α,β-unsaturated/α-hetero) is 1. The SMILES string of the molecule is CCC(=O)c1ccc(N(C)CC2CC3CCC2C3)cn1. The molecular formula is C17H24N2O. The predicted molar refractivity (Wildman–Crippen MR) is 81.1 cm³/mol. The first kappa shape index (κ1) is 13.6. The average molecular weight is 272 g/mol. The Labute approximate surface area is 121 Å². The van der Waals surface area contributed by atoms with Crippen LogP contribution in [0.3, 0.4) is 0 Å². The predicted octanol–water partition coefficient (Wildman–Crippen LogP) is 3.55. The summed E-state index contributed by atoms with van der Waals surface area (Å²) >= 11 is 0. The van der Waals surface area contributed by atoms with Crippen LogP contribution in [0.25, 0.3) is 0 Å². The van der Waals surface area contributed by atoms with Gasteiger partial charge in [0.2, 0.25) is 0 Å². The summed E-state index contributed by atoms with van der Waals surface area (Å²) in [6.45, 7) is 3.00. The molecule has 3 unspecified atom stereocenters. The first-order valence-corrected chi connectivity index (χ1v) is 7.87. The average Bonchev–Trinajstić information content (AvgIpc) is 3.09. The molecule has 1 aromatic rings. The standard InChI is InChI=1S/C17H24N2O/c1-3-17(20)16-7-6-15(10-18-16)19(2)11-14-9-12-4-5-13(14)8-12/h6-7,10,12-14H,3-5,8-9,11H2,1-2H3. The second-order valence-electron chi connectivity index (χ2n) is 6.49. The smallest absolute Gasteiger partial charge is 0.180 e. The van der Waals surface area contributed by atoms with E-state index >= 15 is 0 Å². The summed E-state index contributed by atoms with van der Waals surface area (Å²) in [5.41, 5.74) is 1.71. The van der Waals surface area contributed by atoms with Gasteiger partial charge in [-0.2, -0.15) is 0 Å². The number of anilines is 1. The minimum absolute atomic E-state index is 0.118. The zero-order valence-electron chi connectivity index (χ0n) is 12.5. The van der Waals surface area contributed by atoms with E-state index in [1.54, 1.807) is 0 Å². The van der Waals surface area contributed by atoms with Gasteiger partial charge in [-0.15, -0.1) is 0 Å². The molecular weight excluding hydrogens is 248 g/mol. The van der Waals surface area contributed by atoms with Crippen LogP contribution in [0.2, 0.25) is 0 Å². The van der Waals surface area contributed by atoms with Crippen molar-refractivity contribution in [2.45, 2.75) is 39.0 Å². The van der Waals surface area contributed by atoms with Crippen molar-refractivity contribution in [1.29, 1.82) is 0 Å². The Kier molecular flexibility index (Phi) is 3.77. The highest BCUT2D eigenvalue weighted by molar-refractivity contribution is 5.94. The second-order valence-corrected chi connectivity index (χ2v) is 6.49. The quantitative estimate of drug-likeness (QED) is 0.769. The van der Waals surface area contributed by atoms with Crippen molar-refractivity contribution in [2.24, 2.45) is 17.8 Å². The Hall–Kier alpha value is -1.38. The van der Waals surface area contributed by atoms with Crippen LogP contribution in [0, 0.1) is 17.8 Å². The van der Waals surface area contributed by atoms with Gasteiger partial charge >= 0.3 is 0 Å². The molecule has 3 nitrogen and oxygen atoms in total. The maximum Gasteiger partial charge on any atom is 0.180 e. The minimum Gasteiger partial charge on any atom is -0.373 e. The zero-order valence-corrected chi connectivity index (χ0v) is 12.5. The van der Waals surface area contributed by atoms with E-state index in [0.717, 1.165) is 30.0 Å². The number of hydrogen-bond donors (Lipinski definition) is 0. The third kappa shape index (κ3) is 2.58. The lowest BCUT2D eigenvalue weighted by atomic mass is 9.88. The molecule has 3 heteroatoms. The maximum absolute atomic E-state index is 11.6. The van der Waals surface area contributed by atoms with E-state index in [1.165, 1.54) is 25.7 Å². The van der Waals surface area contributed by atoms with Crippen molar-refractivity contribution >= 4 is 11.5 Å². The van der Waals surface area contributed by atoms with Crippen molar-refractivity contribution in [3.05, 3.63) is 24.0 Å². The molecule has 0 amide bonds. The summed E-state index contributed by atoms with van der Waals surface area (Å²) < 4.78 is 0. The summed E-state index contributed by atoms with van der Waals surface area (Å²) in [5.74, 6) is 2.93. The molecule has 0 radical (unpaired) electrons. The Balaban J connectivity index is 1.62. The van der Waals surface area contributed by atoms with Gasteiger partial charge in [0.05, 0.1) is 11.9 Å². The first-order chi connectivity index (χ1) is 9.67. The van der Waals surface area contributed by atoms with Gasteiger partial charge in [-0.05, 0) is 49.1 Å². The first-order valence-electron chi connectivity index (χ1n) is 7.87. The number of pyridine rings is 1. The van der Waals surface area contributed by atoms with Gasteiger partial charge in [0.1, 0.15) is 5.69 Å². The van der Waals surface area contributed by atoms with Crippen molar-refractivity contribution in [3.8, 4) is 0 Å². The molecule has 108 valence electrons.